The Kier molecular flexibility index (Phi) is 5.30. The first-order valence-corrected chi connectivity index (χ1v) is 10.1. The molecular weight excluding hydrogens is 372 g/mol. The Labute approximate surface area is 168 Å². The maximum Gasteiger partial charge on any atom is 0.259 e. The zero-order valence-corrected chi connectivity index (χ0v) is 16.9. The summed E-state index contributed by atoms with van der Waals surface area (Å²) >= 11 is 1.45. The Morgan fingerprint density at radius 1 is 1.32 bits per heavy atom. The summed E-state index contributed by atoms with van der Waals surface area (Å²) in [4.78, 5) is 21.6. The molecule has 1 aliphatic rings. The van der Waals surface area contributed by atoms with Crippen LogP contribution >= 0.6 is 11.3 Å². The molecule has 0 unspecified atom stereocenters. The number of hydrogen-bond donors (Lipinski definition) is 1. The third-order valence-corrected chi connectivity index (χ3v) is 6.22. The standard InChI is InChI=1S/C21H24N4O2S/c1-24(2)21-14(6-5-9-23-21)12-25-10-11-27-16(13-25)18-15-7-3-4-8-17(15)28-19(18)20(22)26/h3-9,16H,10-13H2,1-2H3,(H2,22,26)/t16-/m0/s1. The fourth-order valence-electron chi connectivity index (χ4n) is 3.79. The molecule has 3 heterocycles. The number of amides is 1. The molecule has 28 heavy (non-hydrogen) atoms. The third kappa shape index (κ3) is 3.61. The molecule has 1 aliphatic heterocycles. The van der Waals surface area contributed by atoms with E-state index in [1.165, 1.54) is 16.9 Å². The number of pyridine rings is 1. The van der Waals surface area contributed by atoms with Crippen molar-refractivity contribution in [2.45, 2.75) is 12.6 Å². The third-order valence-electron chi connectivity index (χ3n) is 5.02. The van der Waals surface area contributed by atoms with Crippen LogP contribution in [0.15, 0.2) is 42.6 Å². The molecule has 146 valence electrons. The molecule has 1 aromatic carbocycles. The number of fused-ring (bicyclic) bond motifs is 1. The molecule has 4 rings (SSSR count). The predicted molar refractivity (Wildman–Crippen MR) is 113 cm³/mol. The van der Waals surface area contributed by atoms with Crippen molar-refractivity contribution < 1.29 is 9.53 Å². The van der Waals surface area contributed by atoms with Crippen LogP contribution in [-0.4, -0.2) is 49.6 Å². The fourth-order valence-corrected chi connectivity index (χ4v) is 4.89. The minimum absolute atomic E-state index is 0.174. The van der Waals surface area contributed by atoms with Gasteiger partial charge in [0.1, 0.15) is 5.82 Å². The van der Waals surface area contributed by atoms with Gasteiger partial charge in [0, 0.05) is 55.8 Å². The molecule has 2 aromatic heterocycles. The molecule has 0 radical (unpaired) electrons. The number of carbonyl (C=O) groups is 1. The van der Waals surface area contributed by atoms with E-state index in [-0.39, 0.29) is 12.0 Å². The van der Waals surface area contributed by atoms with Gasteiger partial charge in [-0.05, 0) is 17.5 Å². The lowest BCUT2D eigenvalue weighted by Gasteiger charge is -2.34. The van der Waals surface area contributed by atoms with Gasteiger partial charge < -0.3 is 15.4 Å². The van der Waals surface area contributed by atoms with Crippen molar-refractivity contribution in [3.05, 3.63) is 58.6 Å². The van der Waals surface area contributed by atoms with Gasteiger partial charge in [0.25, 0.3) is 5.91 Å². The topological polar surface area (TPSA) is 71.7 Å². The molecule has 2 N–H and O–H groups in total. The van der Waals surface area contributed by atoms with Gasteiger partial charge in [-0.3, -0.25) is 9.69 Å². The molecule has 0 bridgehead atoms. The summed E-state index contributed by atoms with van der Waals surface area (Å²) in [5.74, 6) is 0.587. The van der Waals surface area contributed by atoms with E-state index in [4.69, 9.17) is 10.5 Å². The quantitative estimate of drug-likeness (QED) is 0.718. The number of thiophene rings is 1. The van der Waals surface area contributed by atoms with Gasteiger partial charge in [0.15, 0.2) is 0 Å². The van der Waals surface area contributed by atoms with Gasteiger partial charge in [-0.25, -0.2) is 4.98 Å². The molecule has 3 aromatic rings. The summed E-state index contributed by atoms with van der Waals surface area (Å²) in [7, 11) is 4.01. The van der Waals surface area contributed by atoms with Crippen molar-refractivity contribution in [1.29, 1.82) is 0 Å². The van der Waals surface area contributed by atoms with Crippen molar-refractivity contribution in [2.24, 2.45) is 5.73 Å². The summed E-state index contributed by atoms with van der Waals surface area (Å²) in [5, 5.41) is 1.06. The van der Waals surface area contributed by atoms with E-state index < -0.39 is 0 Å². The van der Waals surface area contributed by atoms with Gasteiger partial charge in [-0.1, -0.05) is 24.3 Å². The first-order valence-electron chi connectivity index (χ1n) is 9.31. The van der Waals surface area contributed by atoms with Crippen molar-refractivity contribution in [3.63, 3.8) is 0 Å². The van der Waals surface area contributed by atoms with E-state index in [1.54, 1.807) is 0 Å². The first-order chi connectivity index (χ1) is 13.5. The fraction of sp³-hybridized carbons (Fsp3) is 0.333. The van der Waals surface area contributed by atoms with Crippen LogP contribution in [-0.2, 0) is 11.3 Å². The first kappa shape index (κ1) is 18.9. The Bertz CT molecular complexity index is 1000. The molecule has 1 fully saturated rings. The highest BCUT2D eigenvalue weighted by Gasteiger charge is 2.29. The number of morpholine rings is 1. The maximum atomic E-state index is 12.1. The van der Waals surface area contributed by atoms with Crippen molar-refractivity contribution in [1.82, 2.24) is 9.88 Å². The lowest BCUT2D eigenvalue weighted by atomic mass is 10.0. The minimum Gasteiger partial charge on any atom is -0.371 e. The number of ether oxygens (including phenoxy) is 1. The van der Waals surface area contributed by atoms with Crippen molar-refractivity contribution >= 4 is 33.1 Å². The van der Waals surface area contributed by atoms with E-state index in [0.29, 0.717) is 18.0 Å². The second-order valence-corrected chi connectivity index (χ2v) is 8.23. The van der Waals surface area contributed by atoms with Crippen LogP contribution in [0.4, 0.5) is 5.82 Å². The molecule has 1 amide bonds. The summed E-state index contributed by atoms with van der Waals surface area (Å²) in [5.41, 5.74) is 7.79. The largest absolute Gasteiger partial charge is 0.371 e. The van der Waals surface area contributed by atoms with Gasteiger partial charge in [-0.15, -0.1) is 11.3 Å². The van der Waals surface area contributed by atoms with E-state index in [2.05, 4.69) is 16.0 Å². The number of rotatable bonds is 5. The van der Waals surface area contributed by atoms with Gasteiger partial charge in [-0.2, -0.15) is 0 Å². The number of carbonyl (C=O) groups excluding carboxylic acids is 1. The highest BCUT2D eigenvalue weighted by atomic mass is 32.1. The number of benzene rings is 1. The van der Waals surface area contributed by atoms with Crippen molar-refractivity contribution in [2.75, 3.05) is 38.7 Å². The molecule has 1 saturated heterocycles. The zero-order valence-electron chi connectivity index (χ0n) is 16.1. The van der Waals surface area contributed by atoms with E-state index >= 15 is 0 Å². The summed E-state index contributed by atoms with van der Waals surface area (Å²) < 4.78 is 7.16. The van der Waals surface area contributed by atoms with Crippen LogP contribution in [0.2, 0.25) is 0 Å². The average Bonchev–Trinajstić information content (AvgIpc) is 3.08. The molecule has 0 spiro atoms. The smallest absolute Gasteiger partial charge is 0.259 e. The molecule has 7 heteroatoms. The maximum absolute atomic E-state index is 12.1. The Morgan fingerprint density at radius 2 is 2.14 bits per heavy atom. The summed E-state index contributed by atoms with van der Waals surface area (Å²) in [6.45, 7) is 2.95. The van der Waals surface area contributed by atoms with E-state index in [9.17, 15) is 4.79 Å². The summed E-state index contributed by atoms with van der Waals surface area (Å²) in [6, 6.07) is 12.1. The number of nitrogens with two attached hydrogens (primary N) is 1. The molecule has 1 atom stereocenters. The molecule has 0 saturated carbocycles. The lowest BCUT2D eigenvalue weighted by Crippen LogP contribution is -2.38. The van der Waals surface area contributed by atoms with Crippen LogP contribution in [0.5, 0.6) is 0 Å². The normalized spacial score (nSPS) is 17.7. The Hall–Kier alpha value is -2.48. The summed E-state index contributed by atoms with van der Waals surface area (Å²) in [6.07, 6.45) is 1.64. The lowest BCUT2D eigenvalue weighted by molar-refractivity contribution is -0.0322. The number of primary amides is 1. The van der Waals surface area contributed by atoms with Gasteiger partial charge >= 0.3 is 0 Å². The van der Waals surface area contributed by atoms with Crippen LogP contribution in [0, 0.1) is 0 Å². The second kappa shape index (κ2) is 7.87. The van der Waals surface area contributed by atoms with Crippen LogP contribution in [0.3, 0.4) is 0 Å². The number of anilines is 1. The van der Waals surface area contributed by atoms with Gasteiger partial charge in [0.05, 0.1) is 17.6 Å². The Balaban J connectivity index is 1.63. The van der Waals surface area contributed by atoms with E-state index in [0.717, 1.165) is 34.6 Å². The minimum atomic E-state index is -0.390. The highest BCUT2D eigenvalue weighted by Crippen LogP contribution is 2.38. The predicted octanol–water partition coefficient (Wildman–Crippen LogP) is 3.03. The molecular formula is C21H24N4O2S. The molecule has 0 aliphatic carbocycles. The number of aromatic nitrogens is 1. The van der Waals surface area contributed by atoms with Gasteiger partial charge in [0.2, 0.25) is 0 Å². The SMILES string of the molecule is CN(C)c1ncccc1CN1CCO[C@H](c2c(C(N)=O)sc3ccccc23)C1. The highest BCUT2D eigenvalue weighted by molar-refractivity contribution is 7.21. The monoisotopic (exact) mass is 396 g/mol. The zero-order chi connectivity index (χ0) is 19.7. The Morgan fingerprint density at radius 3 is 2.93 bits per heavy atom. The van der Waals surface area contributed by atoms with Crippen LogP contribution in [0.25, 0.3) is 10.1 Å². The van der Waals surface area contributed by atoms with Crippen molar-refractivity contribution in [3.8, 4) is 0 Å². The van der Waals surface area contributed by atoms with Crippen LogP contribution < -0.4 is 10.6 Å². The second-order valence-electron chi connectivity index (χ2n) is 7.18. The average molecular weight is 397 g/mol. The van der Waals surface area contributed by atoms with E-state index in [1.807, 2.05) is 55.5 Å². The molecule has 6 nitrogen and oxygen atoms in total. The number of hydrogen-bond acceptors (Lipinski definition) is 6. The van der Waals surface area contributed by atoms with Crippen LogP contribution in [0.1, 0.15) is 26.9 Å². The number of nitrogens with zero attached hydrogens (tertiary/aromatic N) is 3.